The summed E-state index contributed by atoms with van der Waals surface area (Å²) < 4.78 is 0. The second kappa shape index (κ2) is 5.33. The van der Waals surface area contributed by atoms with Crippen LogP contribution in [0.4, 0.5) is 0 Å². The minimum Gasteiger partial charge on any atom is -0.313 e. The fourth-order valence-corrected chi connectivity index (χ4v) is 5.54. The fraction of sp³-hybridized carbons (Fsp3) is 0.474. The van der Waals surface area contributed by atoms with E-state index in [9.17, 15) is 0 Å². The van der Waals surface area contributed by atoms with Crippen molar-refractivity contribution in [1.82, 2.24) is 5.32 Å². The van der Waals surface area contributed by atoms with Gasteiger partial charge in [-0.15, -0.1) is 0 Å². The first-order valence-electron chi connectivity index (χ1n) is 8.12. The molecule has 0 aromatic heterocycles. The Labute approximate surface area is 132 Å². The maximum absolute atomic E-state index is 4.99. The van der Waals surface area contributed by atoms with E-state index in [2.05, 4.69) is 54.8 Å². The minimum atomic E-state index is 0.425. The molecule has 0 radical (unpaired) electrons. The molecule has 5 atom stereocenters. The van der Waals surface area contributed by atoms with E-state index in [-0.39, 0.29) is 0 Å². The zero-order valence-electron chi connectivity index (χ0n) is 12.5. The number of nitrogens with one attached hydrogen (secondary N) is 1. The first-order valence-corrected chi connectivity index (χ1v) is 8.64. The molecule has 2 aliphatic rings. The van der Waals surface area contributed by atoms with Crippen LogP contribution in [0.15, 0.2) is 42.5 Å². The van der Waals surface area contributed by atoms with Crippen molar-refractivity contribution in [3.05, 3.63) is 48.0 Å². The first-order chi connectivity index (χ1) is 10.3. The number of benzene rings is 2. The SMILES string of the molecule is CN[C@H](c1cccc2ccccc12)[C@H]1[C@H]2CC[C@H](C2)[C@H]1S. The molecule has 2 aliphatic carbocycles. The van der Waals surface area contributed by atoms with E-state index in [1.165, 1.54) is 35.6 Å². The predicted molar refractivity (Wildman–Crippen MR) is 92.8 cm³/mol. The van der Waals surface area contributed by atoms with Crippen molar-refractivity contribution in [2.75, 3.05) is 7.05 Å². The van der Waals surface area contributed by atoms with E-state index in [4.69, 9.17) is 12.6 Å². The van der Waals surface area contributed by atoms with Gasteiger partial charge in [0.05, 0.1) is 0 Å². The number of fused-ring (bicyclic) bond motifs is 3. The van der Waals surface area contributed by atoms with E-state index in [1.54, 1.807) is 0 Å². The van der Waals surface area contributed by atoms with Gasteiger partial charge < -0.3 is 5.32 Å². The summed E-state index contributed by atoms with van der Waals surface area (Å²) in [6.07, 6.45) is 4.18. The maximum Gasteiger partial charge on any atom is 0.0365 e. The molecule has 2 aromatic carbocycles. The summed E-state index contributed by atoms with van der Waals surface area (Å²) in [5.74, 6) is 2.37. The average Bonchev–Trinajstić information content (AvgIpc) is 3.11. The standard InChI is InChI=1S/C19H23NS/c1-20-18(17-13-9-10-14(11-13)19(17)21)16-8-4-6-12-5-2-3-7-15(12)16/h2-8,13-14,17-21H,9-11H2,1H3/t13-,14+,17+,18+,19+/m0/s1. The molecule has 0 aliphatic heterocycles. The third-order valence-corrected chi connectivity index (χ3v) is 6.56. The molecule has 2 fully saturated rings. The van der Waals surface area contributed by atoms with Gasteiger partial charge >= 0.3 is 0 Å². The monoisotopic (exact) mass is 297 g/mol. The topological polar surface area (TPSA) is 12.0 Å². The van der Waals surface area contributed by atoms with E-state index >= 15 is 0 Å². The maximum atomic E-state index is 4.99. The first kappa shape index (κ1) is 13.7. The lowest BCUT2D eigenvalue weighted by atomic mass is 9.79. The number of hydrogen-bond donors (Lipinski definition) is 2. The van der Waals surface area contributed by atoms with Crippen LogP contribution in [0.1, 0.15) is 30.9 Å². The van der Waals surface area contributed by atoms with Crippen LogP contribution in [0.3, 0.4) is 0 Å². The molecule has 21 heavy (non-hydrogen) atoms. The van der Waals surface area contributed by atoms with Crippen LogP contribution in [0, 0.1) is 17.8 Å². The summed E-state index contributed by atoms with van der Waals surface area (Å²) in [7, 11) is 2.11. The van der Waals surface area contributed by atoms with Gasteiger partial charge in [0, 0.05) is 11.3 Å². The van der Waals surface area contributed by atoms with Crippen molar-refractivity contribution in [3.63, 3.8) is 0 Å². The molecule has 2 bridgehead atoms. The molecule has 0 saturated heterocycles. The van der Waals surface area contributed by atoms with Crippen LogP contribution in [-0.4, -0.2) is 12.3 Å². The summed E-state index contributed by atoms with van der Waals surface area (Å²) in [5, 5.41) is 6.91. The van der Waals surface area contributed by atoms with Gasteiger partial charge in [-0.2, -0.15) is 12.6 Å². The lowest BCUT2D eigenvalue weighted by Gasteiger charge is -2.35. The lowest BCUT2D eigenvalue weighted by molar-refractivity contribution is 0.270. The molecule has 2 heteroatoms. The molecule has 2 aromatic rings. The highest BCUT2D eigenvalue weighted by atomic mass is 32.1. The number of hydrogen-bond acceptors (Lipinski definition) is 2. The molecule has 0 amide bonds. The Morgan fingerprint density at radius 1 is 1.05 bits per heavy atom. The molecule has 0 heterocycles. The Kier molecular flexibility index (Phi) is 3.47. The quantitative estimate of drug-likeness (QED) is 0.798. The molecule has 2 saturated carbocycles. The molecule has 4 rings (SSSR count). The van der Waals surface area contributed by atoms with Crippen LogP contribution in [-0.2, 0) is 0 Å². The molecular weight excluding hydrogens is 274 g/mol. The molecule has 0 spiro atoms. The van der Waals surface area contributed by atoms with Crippen LogP contribution in [0.25, 0.3) is 10.8 Å². The Bertz CT molecular complexity index is 646. The van der Waals surface area contributed by atoms with E-state index in [1.807, 2.05) is 0 Å². The highest BCUT2D eigenvalue weighted by Crippen LogP contribution is 2.55. The molecule has 1 nitrogen and oxygen atoms in total. The van der Waals surface area contributed by atoms with Gasteiger partial charge in [-0.25, -0.2) is 0 Å². The highest BCUT2D eigenvalue weighted by molar-refractivity contribution is 7.81. The Balaban J connectivity index is 1.79. The summed E-state index contributed by atoms with van der Waals surface area (Å²) >= 11 is 4.99. The summed E-state index contributed by atoms with van der Waals surface area (Å²) in [6, 6.07) is 15.9. The molecule has 0 unspecified atom stereocenters. The van der Waals surface area contributed by atoms with Gasteiger partial charge in [0.1, 0.15) is 0 Å². The van der Waals surface area contributed by atoms with Crippen molar-refractivity contribution in [2.24, 2.45) is 17.8 Å². The van der Waals surface area contributed by atoms with Crippen molar-refractivity contribution < 1.29 is 0 Å². The Morgan fingerprint density at radius 2 is 1.81 bits per heavy atom. The van der Waals surface area contributed by atoms with E-state index in [0.29, 0.717) is 17.2 Å². The Morgan fingerprint density at radius 3 is 2.57 bits per heavy atom. The van der Waals surface area contributed by atoms with Gasteiger partial charge in [-0.05, 0) is 60.4 Å². The largest absolute Gasteiger partial charge is 0.313 e. The minimum absolute atomic E-state index is 0.425. The number of thiol groups is 1. The predicted octanol–water partition coefficient (Wildman–Crippen LogP) is 4.44. The normalized spacial score (nSPS) is 32.7. The lowest BCUT2D eigenvalue weighted by Crippen LogP contribution is -2.35. The zero-order chi connectivity index (χ0) is 14.4. The van der Waals surface area contributed by atoms with Gasteiger partial charge in [-0.3, -0.25) is 0 Å². The molecule has 110 valence electrons. The van der Waals surface area contributed by atoms with Crippen LogP contribution in [0.5, 0.6) is 0 Å². The second-order valence-corrected chi connectivity index (χ2v) is 7.33. The zero-order valence-corrected chi connectivity index (χ0v) is 13.4. The molecule has 1 N–H and O–H groups in total. The van der Waals surface area contributed by atoms with E-state index in [0.717, 1.165) is 11.8 Å². The van der Waals surface area contributed by atoms with Crippen molar-refractivity contribution in [3.8, 4) is 0 Å². The smallest absolute Gasteiger partial charge is 0.0365 e. The van der Waals surface area contributed by atoms with Gasteiger partial charge in [0.2, 0.25) is 0 Å². The Hall–Kier alpha value is -0.990. The highest BCUT2D eigenvalue weighted by Gasteiger charge is 2.49. The van der Waals surface area contributed by atoms with Crippen LogP contribution in [0.2, 0.25) is 0 Å². The van der Waals surface area contributed by atoms with Gasteiger partial charge in [-0.1, -0.05) is 42.5 Å². The summed E-state index contributed by atoms with van der Waals surface area (Å²) in [5.41, 5.74) is 1.45. The van der Waals surface area contributed by atoms with E-state index < -0.39 is 0 Å². The van der Waals surface area contributed by atoms with Crippen LogP contribution >= 0.6 is 12.6 Å². The second-order valence-electron chi connectivity index (χ2n) is 6.74. The average molecular weight is 297 g/mol. The summed E-state index contributed by atoms with van der Waals surface area (Å²) in [6.45, 7) is 0. The third kappa shape index (κ3) is 2.11. The fourth-order valence-electron chi connectivity index (χ4n) is 4.85. The molecular formula is C19H23NS. The third-order valence-electron chi connectivity index (χ3n) is 5.79. The number of rotatable bonds is 3. The van der Waals surface area contributed by atoms with Crippen molar-refractivity contribution in [2.45, 2.75) is 30.6 Å². The van der Waals surface area contributed by atoms with Gasteiger partial charge in [0.25, 0.3) is 0 Å². The van der Waals surface area contributed by atoms with Gasteiger partial charge in [0.15, 0.2) is 0 Å². The van der Waals surface area contributed by atoms with Crippen molar-refractivity contribution >= 4 is 23.4 Å². The summed E-state index contributed by atoms with van der Waals surface area (Å²) in [4.78, 5) is 0. The van der Waals surface area contributed by atoms with Crippen molar-refractivity contribution in [1.29, 1.82) is 0 Å². The van der Waals surface area contributed by atoms with Crippen LogP contribution < -0.4 is 5.32 Å².